The molecule has 0 saturated heterocycles. The highest BCUT2D eigenvalue weighted by atomic mass is 79.9. The SMILES string of the molecule is CCCC(CCO)CNCc1cc(Cl)ccc1Br. The Balaban J connectivity index is 2.41. The summed E-state index contributed by atoms with van der Waals surface area (Å²) in [7, 11) is 0. The maximum atomic E-state index is 9.01. The normalized spacial score (nSPS) is 12.7. The quantitative estimate of drug-likeness (QED) is 0.753. The van der Waals surface area contributed by atoms with Gasteiger partial charge in [0.15, 0.2) is 0 Å². The van der Waals surface area contributed by atoms with Crippen LogP contribution in [0.5, 0.6) is 0 Å². The van der Waals surface area contributed by atoms with E-state index in [0.717, 1.165) is 41.8 Å². The number of hydrogen-bond donors (Lipinski definition) is 2. The van der Waals surface area contributed by atoms with Gasteiger partial charge in [0.2, 0.25) is 0 Å². The molecule has 1 atom stereocenters. The van der Waals surface area contributed by atoms with Crippen molar-refractivity contribution in [2.75, 3.05) is 13.2 Å². The van der Waals surface area contributed by atoms with Crippen LogP contribution in [0, 0.1) is 5.92 Å². The van der Waals surface area contributed by atoms with Gasteiger partial charge in [-0.3, -0.25) is 0 Å². The lowest BCUT2D eigenvalue weighted by atomic mass is 10.0. The first-order valence-corrected chi connectivity index (χ1v) is 7.60. The maximum Gasteiger partial charge on any atom is 0.0434 e. The highest BCUT2D eigenvalue weighted by Crippen LogP contribution is 2.21. The topological polar surface area (TPSA) is 32.3 Å². The highest BCUT2D eigenvalue weighted by Gasteiger charge is 2.07. The van der Waals surface area contributed by atoms with Crippen LogP contribution in [0.15, 0.2) is 22.7 Å². The molecule has 0 aliphatic heterocycles. The van der Waals surface area contributed by atoms with Crippen LogP contribution in [0.3, 0.4) is 0 Å². The monoisotopic (exact) mass is 333 g/mol. The third-order valence-corrected chi connectivity index (χ3v) is 4.00. The summed E-state index contributed by atoms with van der Waals surface area (Å²) in [6.45, 7) is 4.19. The van der Waals surface area contributed by atoms with Crippen LogP contribution in [-0.4, -0.2) is 18.3 Å². The average Bonchev–Trinajstić information content (AvgIpc) is 2.34. The van der Waals surface area contributed by atoms with E-state index >= 15 is 0 Å². The Kier molecular flexibility index (Phi) is 7.91. The predicted octanol–water partition coefficient (Wildman–Crippen LogP) is 3.99. The molecule has 0 aliphatic carbocycles. The molecule has 0 aromatic heterocycles. The molecule has 0 heterocycles. The molecule has 1 aromatic carbocycles. The van der Waals surface area contributed by atoms with Gasteiger partial charge < -0.3 is 10.4 Å². The first kappa shape index (κ1) is 16.0. The summed E-state index contributed by atoms with van der Waals surface area (Å²) >= 11 is 9.50. The van der Waals surface area contributed by atoms with Gasteiger partial charge in [-0.25, -0.2) is 0 Å². The average molecular weight is 335 g/mol. The lowest BCUT2D eigenvalue weighted by molar-refractivity contribution is 0.248. The van der Waals surface area contributed by atoms with Crippen molar-refractivity contribution < 1.29 is 5.11 Å². The Hall–Kier alpha value is -0.0900. The van der Waals surface area contributed by atoms with Crippen molar-refractivity contribution in [1.82, 2.24) is 5.32 Å². The van der Waals surface area contributed by atoms with Gasteiger partial charge in [0.1, 0.15) is 0 Å². The molecule has 0 spiro atoms. The van der Waals surface area contributed by atoms with E-state index in [1.165, 1.54) is 5.56 Å². The maximum absolute atomic E-state index is 9.01. The van der Waals surface area contributed by atoms with E-state index in [2.05, 4.69) is 28.2 Å². The highest BCUT2D eigenvalue weighted by molar-refractivity contribution is 9.10. The molecule has 0 saturated carbocycles. The van der Waals surface area contributed by atoms with Crippen LogP contribution >= 0.6 is 27.5 Å². The van der Waals surface area contributed by atoms with Crippen LogP contribution in [0.4, 0.5) is 0 Å². The minimum Gasteiger partial charge on any atom is -0.396 e. The van der Waals surface area contributed by atoms with E-state index < -0.39 is 0 Å². The van der Waals surface area contributed by atoms with E-state index in [0.29, 0.717) is 5.92 Å². The van der Waals surface area contributed by atoms with Crippen molar-refractivity contribution in [2.45, 2.75) is 32.7 Å². The molecule has 0 amide bonds. The van der Waals surface area contributed by atoms with Gasteiger partial charge in [0, 0.05) is 22.6 Å². The van der Waals surface area contributed by atoms with Crippen molar-refractivity contribution in [3.63, 3.8) is 0 Å². The second-order valence-electron chi connectivity index (χ2n) is 4.53. The van der Waals surface area contributed by atoms with Crippen LogP contribution in [-0.2, 0) is 6.54 Å². The lowest BCUT2D eigenvalue weighted by Crippen LogP contribution is -2.23. The summed E-state index contributed by atoms with van der Waals surface area (Å²) < 4.78 is 1.08. The van der Waals surface area contributed by atoms with Crippen LogP contribution < -0.4 is 5.32 Å². The van der Waals surface area contributed by atoms with Crippen LogP contribution in [0.2, 0.25) is 5.02 Å². The first-order chi connectivity index (χ1) is 8.67. The van der Waals surface area contributed by atoms with Crippen molar-refractivity contribution in [1.29, 1.82) is 0 Å². The van der Waals surface area contributed by atoms with Crippen molar-refractivity contribution in [3.05, 3.63) is 33.3 Å². The number of aliphatic hydroxyl groups excluding tert-OH is 1. The minimum atomic E-state index is 0.271. The van der Waals surface area contributed by atoms with E-state index in [-0.39, 0.29) is 6.61 Å². The molecule has 1 unspecified atom stereocenters. The smallest absolute Gasteiger partial charge is 0.0434 e. The zero-order valence-electron chi connectivity index (χ0n) is 10.8. The van der Waals surface area contributed by atoms with Crippen LogP contribution in [0.25, 0.3) is 0 Å². The molecular formula is C14H21BrClNO. The number of benzene rings is 1. The molecule has 1 aromatic rings. The van der Waals surface area contributed by atoms with E-state index in [1.807, 2.05) is 18.2 Å². The second kappa shape index (κ2) is 8.92. The number of hydrogen-bond acceptors (Lipinski definition) is 2. The van der Waals surface area contributed by atoms with Crippen molar-refractivity contribution in [3.8, 4) is 0 Å². The standard InChI is InChI=1S/C14H21BrClNO/c1-2-3-11(6-7-18)9-17-10-12-8-13(16)4-5-14(12)15/h4-5,8,11,17-18H,2-3,6-7,9-10H2,1H3. The van der Waals surface area contributed by atoms with Gasteiger partial charge in [0.05, 0.1) is 0 Å². The summed E-state index contributed by atoms with van der Waals surface area (Å²) in [4.78, 5) is 0. The van der Waals surface area contributed by atoms with E-state index in [1.54, 1.807) is 0 Å². The molecule has 0 fully saturated rings. The summed E-state index contributed by atoms with van der Waals surface area (Å²) in [5, 5.41) is 13.2. The Morgan fingerprint density at radius 3 is 2.83 bits per heavy atom. The van der Waals surface area contributed by atoms with Gasteiger partial charge in [0.25, 0.3) is 0 Å². The summed E-state index contributed by atoms with van der Waals surface area (Å²) in [5.41, 5.74) is 1.17. The molecule has 0 aliphatic rings. The van der Waals surface area contributed by atoms with Crippen LogP contribution in [0.1, 0.15) is 31.7 Å². The molecule has 1 rings (SSSR count). The lowest BCUT2D eigenvalue weighted by Gasteiger charge is -2.16. The van der Waals surface area contributed by atoms with Crippen molar-refractivity contribution in [2.24, 2.45) is 5.92 Å². The zero-order valence-corrected chi connectivity index (χ0v) is 13.1. The summed E-state index contributed by atoms with van der Waals surface area (Å²) in [6, 6.07) is 5.82. The number of aliphatic hydroxyl groups is 1. The van der Waals surface area contributed by atoms with Gasteiger partial charge in [-0.05, 0) is 49.1 Å². The van der Waals surface area contributed by atoms with Gasteiger partial charge in [-0.1, -0.05) is 40.9 Å². The molecule has 18 heavy (non-hydrogen) atoms. The van der Waals surface area contributed by atoms with Crippen molar-refractivity contribution >= 4 is 27.5 Å². The first-order valence-electron chi connectivity index (χ1n) is 6.42. The molecule has 0 bridgehead atoms. The van der Waals surface area contributed by atoms with Gasteiger partial charge >= 0.3 is 0 Å². The Morgan fingerprint density at radius 2 is 2.17 bits per heavy atom. The fraction of sp³-hybridized carbons (Fsp3) is 0.571. The van der Waals surface area contributed by atoms with E-state index in [9.17, 15) is 0 Å². The van der Waals surface area contributed by atoms with E-state index in [4.69, 9.17) is 16.7 Å². The molecular weight excluding hydrogens is 314 g/mol. The second-order valence-corrected chi connectivity index (χ2v) is 5.82. The fourth-order valence-corrected chi connectivity index (χ4v) is 2.61. The summed E-state index contributed by atoms with van der Waals surface area (Å²) in [6.07, 6.45) is 3.19. The van der Waals surface area contributed by atoms with Gasteiger partial charge in [-0.15, -0.1) is 0 Å². The zero-order chi connectivity index (χ0) is 13.4. The number of rotatable bonds is 8. The molecule has 2 nitrogen and oxygen atoms in total. The number of halogens is 2. The third-order valence-electron chi connectivity index (χ3n) is 2.99. The fourth-order valence-electron chi connectivity index (χ4n) is 2.03. The predicted molar refractivity (Wildman–Crippen MR) is 81.0 cm³/mol. The molecule has 0 radical (unpaired) electrons. The van der Waals surface area contributed by atoms with Gasteiger partial charge in [-0.2, -0.15) is 0 Å². The minimum absolute atomic E-state index is 0.271. The molecule has 4 heteroatoms. The summed E-state index contributed by atoms with van der Waals surface area (Å²) in [5.74, 6) is 0.554. The third kappa shape index (κ3) is 5.70. The molecule has 2 N–H and O–H groups in total. The Labute approximate surface area is 123 Å². The Morgan fingerprint density at radius 1 is 1.39 bits per heavy atom. The molecule has 102 valence electrons. The largest absolute Gasteiger partial charge is 0.396 e. The number of nitrogens with one attached hydrogen (secondary N) is 1. The Bertz CT molecular complexity index is 354.